The van der Waals surface area contributed by atoms with Gasteiger partial charge in [0.05, 0.1) is 22.4 Å². The van der Waals surface area contributed by atoms with E-state index in [0.717, 1.165) is 16.0 Å². The minimum absolute atomic E-state index is 0.261. The predicted octanol–water partition coefficient (Wildman–Crippen LogP) is 5.94. The maximum absolute atomic E-state index is 13.4. The lowest BCUT2D eigenvalue weighted by molar-refractivity contribution is -0.118. The summed E-state index contributed by atoms with van der Waals surface area (Å²) in [7, 11) is 0. The number of carbonyl (C=O) groups excluding carboxylic acids is 1. The maximum Gasteiger partial charge on any atom is 0.263 e. The number of hydrogen-bond acceptors (Lipinski definition) is 4. The van der Waals surface area contributed by atoms with E-state index in [4.69, 9.17) is 23.2 Å². The summed E-state index contributed by atoms with van der Waals surface area (Å²) in [6, 6.07) is 13.7. The van der Waals surface area contributed by atoms with E-state index in [1.807, 2.05) is 37.3 Å². The van der Waals surface area contributed by atoms with Crippen molar-refractivity contribution in [1.82, 2.24) is 9.55 Å². The van der Waals surface area contributed by atoms with Crippen LogP contribution in [0.1, 0.15) is 17.8 Å². The Labute approximate surface area is 186 Å². The number of amides is 1. The number of halogens is 2. The number of rotatable bonds is 4. The smallest absolute Gasteiger partial charge is 0.263 e. The van der Waals surface area contributed by atoms with Crippen LogP contribution in [-0.4, -0.2) is 15.5 Å². The molecule has 2 aromatic carbocycles. The van der Waals surface area contributed by atoms with Gasteiger partial charge in [0.2, 0.25) is 5.91 Å². The largest absolute Gasteiger partial charge is 0.323 e. The van der Waals surface area contributed by atoms with Crippen LogP contribution in [0.2, 0.25) is 10.0 Å². The van der Waals surface area contributed by atoms with E-state index in [2.05, 4.69) is 10.3 Å². The van der Waals surface area contributed by atoms with Crippen molar-refractivity contribution in [1.29, 1.82) is 0 Å². The highest BCUT2D eigenvalue weighted by Gasteiger charge is 2.22. The molecule has 4 rings (SSSR count). The molecule has 2 heterocycles. The third-order valence-corrected chi connectivity index (χ3v) is 6.44. The van der Waals surface area contributed by atoms with E-state index < -0.39 is 11.9 Å². The summed E-state index contributed by atoms with van der Waals surface area (Å²) in [5.74, 6) is -0.393. The summed E-state index contributed by atoms with van der Waals surface area (Å²) < 4.78 is 1.34. The van der Waals surface area contributed by atoms with Crippen LogP contribution >= 0.6 is 34.5 Å². The van der Waals surface area contributed by atoms with Crippen LogP contribution in [0.5, 0.6) is 0 Å². The normalized spacial score (nSPS) is 12.1. The standard InChI is InChI=1S/C22H17Cl2N3O2S/c1-12(20(28)26-17-10-15(23)8-9-16(17)24)27-11-25-21-19(22(27)29)18(13(2)30-21)14-6-4-3-5-7-14/h3-12H,1-2H3,(H,26,28). The van der Waals surface area contributed by atoms with Crippen molar-refractivity contribution >= 4 is 56.3 Å². The van der Waals surface area contributed by atoms with Gasteiger partial charge < -0.3 is 5.32 Å². The van der Waals surface area contributed by atoms with Gasteiger partial charge in [0.25, 0.3) is 5.56 Å². The zero-order valence-electron chi connectivity index (χ0n) is 16.1. The van der Waals surface area contributed by atoms with Crippen LogP contribution in [0.15, 0.2) is 59.7 Å². The predicted molar refractivity (Wildman–Crippen MR) is 124 cm³/mol. The Morgan fingerprint density at radius 1 is 1.17 bits per heavy atom. The Hall–Kier alpha value is -2.67. The fourth-order valence-corrected chi connectivity index (χ4v) is 4.64. The average Bonchev–Trinajstić information content (AvgIpc) is 3.08. The Balaban J connectivity index is 1.76. The quantitative estimate of drug-likeness (QED) is 0.412. The van der Waals surface area contributed by atoms with Gasteiger partial charge in [-0.05, 0) is 37.6 Å². The number of anilines is 1. The lowest BCUT2D eigenvalue weighted by Gasteiger charge is -2.16. The van der Waals surface area contributed by atoms with E-state index in [-0.39, 0.29) is 5.56 Å². The molecule has 1 N–H and O–H groups in total. The molecule has 2 aromatic heterocycles. The molecule has 0 aliphatic heterocycles. The van der Waals surface area contributed by atoms with Crippen molar-refractivity contribution in [3.63, 3.8) is 0 Å². The second kappa shape index (κ2) is 8.22. The highest BCUT2D eigenvalue weighted by atomic mass is 35.5. The number of thiophene rings is 1. The minimum Gasteiger partial charge on any atom is -0.323 e. The van der Waals surface area contributed by atoms with E-state index in [0.29, 0.717) is 25.9 Å². The van der Waals surface area contributed by atoms with Gasteiger partial charge in [-0.1, -0.05) is 53.5 Å². The van der Waals surface area contributed by atoms with Crippen LogP contribution in [-0.2, 0) is 4.79 Å². The van der Waals surface area contributed by atoms with Crippen LogP contribution in [0.4, 0.5) is 5.69 Å². The Bertz CT molecular complexity index is 1320. The van der Waals surface area contributed by atoms with Gasteiger partial charge >= 0.3 is 0 Å². The fraction of sp³-hybridized carbons (Fsp3) is 0.136. The lowest BCUT2D eigenvalue weighted by Crippen LogP contribution is -2.31. The summed E-state index contributed by atoms with van der Waals surface area (Å²) in [5, 5.41) is 4.07. The summed E-state index contributed by atoms with van der Waals surface area (Å²) >= 11 is 13.6. The first-order valence-electron chi connectivity index (χ1n) is 9.18. The number of hydrogen-bond donors (Lipinski definition) is 1. The third-order valence-electron chi connectivity index (χ3n) is 4.86. The first-order chi connectivity index (χ1) is 14.4. The molecule has 0 fully saturated rings. The van der Waals surface area contributed by atoms with Gasteiger partial charge in [-0.2, -0.15) is 0 Å². The highest BCUT2D eigenvalue weighted by molar-refractivity contribution is 7.19. The van der Waals surface area contributed by atoms with Crippen molar-refractivity contribution in [3.8, 4) is 11.1 Å². The SMILES string of the molecule is Cc1sc2ncn(C(C)C(=O)Nc3cc(Cl)ccc3Cl)c(=O)c2c1-c1ccccc1. The summed E-state index contributed by atoms with van der Waals surface area (Å²) in [5.41, 5.74) is 1.93. The molecule has 30 heavy (non-hydrogen) atoms. The van der Waals surface area contributed by atoms with Crippen LogP contribution in [0, 0.1) is 6.92 Å². The van der Waals surface area contributed by atoms with Crippen LogP contribution in [0.25, 0.3) is 21.3 Å². The van der Waals surface area contributed by atoms with Gasteiger partial charge in [0.1, 0.15) is 10.9 Å². The van der Waals surface area contributed by atoms with E-state index in [9.17, 15) is 9.59 Å². The number of aryl methyl sites for hydroxylation is 1. The van der Waals surface area contributed by atoms with Crippen LogP contribution in [0.3, 0.4) is 0 Å². The molecule has 8 heteroatoms. The second-order valence-corrected chi connectivity index (χ2v) is 8.87. The fourth-order valence-electron chi connectivity index (χ4n) is 3.30. The highest BCUT2D eigenvalue weighted by Crippen LogP contribution is 2.35. The van der Waals surface area contributed by atoms with Gasteiger partial charge in [0, 0.05) is 15.5 Å². The number of nitrogens with one attached hydrogen (secondary N) is 1. The number of carbonyl (C=O) groups is 1. The van der Waals surface area contributed by atoms with Crippen molar-refractivity contribution in [2.45, 2.75) is 19.9 Å². The maximum atomic E-state index is 13.4. The van der Waals surface area contributed by atoms with E-state index in [1.54, 1.807) is 25.1 Å². The molecular formula is C22H17Cl2N3O2S. The molecule has 0 spiro atoms. The molecule has 0 aliphatic carbocycles. The first-order valence-corrected chi connectivity index (χ1v) is 10.8. The van der Waals surface area contributed by atoms with Crippen molar-refractivity contribution in [2.75, 3.05) is 5.32 Å². The third kappa shape index (κ3) is 3.74. The van der Waals surface area contributed by atoms with Crippen molar-refractivity contribution < 1.29 is 4.79 Å². The average molecular weight is 458 g/mol. The van der Waals surface area contributed by atoms with Crippen molar-refractivity contribution in [2.24, 2.45) is 0 Å². The number of nitrogens with zero attached hydrogens (tertiary/aromatic N) is 2. The molecule has 0 radical (unpaired) electrons. The molecule has 4 aromatic rings. The molecule has 0 saturated heterocycles. The number of fused-ring (bicyclic) bond motifs is 1. The Morgan fingerprint density at radius 2 is 1.90 bits per heavy atom. The van der Waals surface area contributed by atoms with Gasteiger partial charge in [-0.15, -0.1) is 11.3 Å². The Kier molecular flexibility index (Phi) is 5.64. The zero-order chi connectivity index (χ0) is 21.4. The van der Waals surface area contributed by atoms with Gasteiger partial charge in [-0.3, -0.25) is 14.2 Å². The minimum atomic E-state index is -0.798. The summed E-state index contributed by atoms with van der Waals surface area (Å²) in [6.45, 7) is 3.61. The van der Waals surface area contributed by atoms with E-state index in [1.165, 1.54) is 22.2 Å². The lowest BCUT2D eigenvalue weighted by atomic mass is 10.0. The molecule has 0 saturated carbocycles. The summed E-state index contributed by atoms with van der Waals surface area (Å²) in [6.07, 6.45) is 1.42. The molecule has 5 nitrogen and oxygen atoms in total. The second-order valence-electron chi connectivity index (χ2n) is 6.83. The number of benzene rings is 2. The Morgan fingerprint density at radius 3 is 2.63 bits per heavy atom. The number of aromatic nitrogens is 2. The first kappa shape index (κ1) is 20.6. The van der Waals surface area contributed by atoms with E-state index >= 15 is 0 Å². The summed E-state index contributed by atoms with van der Waals surface area (Å²) in [4.78, 5) is 32.3. The molecule has 0 aliphatic rings. The molecule has 1 amide bonds. The molecule has 1 atom stereocenters. The molecule has 1 unspecified atom stereocenters. The topological polar surface area (TPSA) is 64.0 Å². The van der Waals surface area contributed by atoms with Gasteiger partial charge in [-0.25, -0.2) is 4.98 Å². The monoisotopic (exact) mass is 457 g/mol. The van der Waals surface area contributed by atoms with Crippen LogP contribution < -0.4 is 10.9 Å². The zero-order valence-corrected chi connectivity index (χ0v) is 18.5. The molecular weight excluding hydrogens is 441 g/mol. The van der Waals surface area contributed by atoms with Crippen molar-refractivity contribution in [3.05, 3.63) is 80.1 Å². The molecule has 0 bridgehead atoms. The van der Waals surface area contributed by atoms with Gasteiger partial charge in [0.15, 0.2) is 0 Å². The molecule has 152 valence electrons.